The molecule has 1 heterocycles. The van der Waals surface area contributed by atoms with Crippen LogP contribution < -0.4 is 0 Å². The Morgan fingerprint density at radius 2 is 2.14 bits per heavy atom. The standard InChI is InChI=1S/C17H20N2O2/c1-13(20)10-12-19(2)16(21)9-8-15-6-3-5-14-7-4-11-18-17(14)15/h3-9,11,13,20H,10,12H2,1-2H3/b9-8+. The number of para-hydroxylation sites is 1. The minimum absolute atomic E-state index is 0.0800. The number of likely N-dealkylation sites (N-methyl/N-ethyl adjacent to an activating group) is 1. The van der Waals surface area contributed by atoms with Crippen molar-refractivity contribution in [2.45, 2.75) is 19.4 Å². The molecule has 0 fully saturated rings. The zero-order valence-electron chi connectivity index (χ0n) is 12.4. The maximum Gasteiger partial charge on any atom is 0.246 e. The minimum Gasteiger partial charge on any atom is -0.393 e. The van der Waals surface area contributed by atoms with Crippen LogP contribution in [0.15, 0.2) is 42.6 Å². The van der Waals surface area contributed by atoms with Gasteiger partial charge >= 0.3 is 0 Å². The van der Waals surface area contributed by atoms with Gasteiger partial charge in [-0.15, -0.1) is 0 Å². The van der Waals surface area contributed by atoms with E-state index in [1.165, 1.54) is 0 Å². The number of nitrogens with zero attached hydrogens (tertiary/aromatic N) is 2. The van der Waals surface area contributed by atoms with E-state index in [0.717, 1.165) is 16.5 Å². The molecule has 1 amide bonds. The minimum atomic E-state index is -0.397. The molecule has 0 aliphatic carbocycles. The van der Waals surface area contributed by atoms with Gasteiger partial charge < -0.3 is 10.0 Å². The summed E-state index contributed by atoms with van der Waals surface area (Å²) < 4.78 is 0. The molecular formula is C17H20N2O2. The third kappa shape index (κ3) is 4.13. The largest absolute Gasteiger partial charge is 0.393 e. The van der Waals surface area contributed by atoms with Gasteiger partial charge in [-0.1, -0.05) is 24.3 Å². The molecule has 1 aromatic carbocycles. The summed E-state index contributed by atoms with van der Waals surface area (Å²) in [5.74, 6) is -0.0800. The van der Waals surface area contributed by atoms with Crippen LogP contribution in [0.1, 0.15) is 18.9 Å². The summed E-state index contributed by atoms with van der Waals surface area (Å²) >= 11 is 0. The lowest BCUT2D eigenvalue weighted by atomic mass is 10.1. The summed E-state index contributed by atoms with van der Waals surface area (Å²) in [7, 11) is 1.73. The molecule has 2 aromatic rings. The van der Waals surface area contributed by atoms with Gasteiger partial charge in [0.15, 0.2) is 0 Å². The smallest absolute Gasteiger partial charge is 0.246 e. The topological polar surface area (TPSA) is 53.4 Å². The van der Waals surface area contributed by atoms with Gasteiger partial charge in [-0.3, -0.25) is 9.78 Å². The number of hydrogen-bond acceptors (Lipinski definition) is 3. The SMILES string of the molecule is CC(O)CCN(C)C(=O)/C=C/c1cccc2cccnc12. The van der Waals surface area contributed by atoms with Gasteiger partial charge in [0.05, 0.1) is 11.6 Å². The second kappa shape index (κ2) is 6.99. The normalized spacial score (nSPS) is 12.7. The molecule has 0 aliphatic rings. The van der Waals surface area contributed by atoms with Crippen molar-refractivity contribution in [3.05, 3.63) is 48.2 Å². The van der Waals surface area contributed by atoms with Crippen LogP contribution in [0.4, 0.5) is 0 Å². The second-order valence-electron chi connectivity index (χ2n) is 5.15. The van der Waals surface area contributed by atoms with Crippen molar-refractivity contribution in [1.82, 2.24) is 9.88 Å². The van der Waals surface area contributed by atoms with E-state index in [9.17, 15) is 9.90 Å². The highest BCUT2D eigenvalue weighted by molar-refractivity contribution is 5.95. The van der Waals surface area contributed by atoms with E-state index >= 15 is 0 Å². The Kier molecular flexibility index (Phi) is 5.06. The second-order valence-corrected chi connectivity index (χ2v) is 5.15. The van der Waals surface area contributed by atoms with Gasteiger partial charge in [-0.05, 0) is 25.5 Å². The molecule has 0 saturated heterocycles. The number of carbonyl (C=O) groups excluding carboxylic acids is 1. The number of aliphatic hydroxyl groups is 1. The van der Waals surface area contributed by atoms with Crippen molar-refractivity contribution in [2.75, 3.05) is 13.6 Å². The van der Waals surface area contributed by atoms with E-state index < -0.39 is 6.10 Å². The number of aromatic nitrogens is 1. The van der Waals surface area contributed by atoms with E-state index in [1.807, 2.05) is 30.3 Å². The van der Waals surface area contributed by atoms with E-state index in [-0.39, 0.29) is 5.91 Å². The number of hydrogen-bond donors (Lipinski definition) is 1. The number of amides is 1. The molecule has 110 valence electrons. The van der Waals surface area contributed by atoms with Crippen molar-refractivity contribution in [2.24, 2.45) is 0 Å². The van der Waals surface area contributed by atoms with Gasteiger partial charge in [-0.2, -0.15) is 0 Å². The molecule has 1 unspecified atom stereocenters. The van der Waals surface area contributed by atoms with Crippen LogP contribution in [0.2, 0.25) is 0 Å². The summed E-state index contributed by atoms with van der Waals surface area (Å²) in [4.78, 5) is 18.0. The molecule has 0 bridgehead atoms. The summed E-state index contributed by atoms with van der Waals surface area (Å²) in [5.41, 5.74) is 1.81. The Hall–Kier alpha value is -2.20. The van der Waals surface area contributed by atoms with E-state index in [4.69, 9.17) is 0 Å². The highest BCUT2D eigenvalue weighted by Crippen LogP contribution is 2.17. The molecule has 21 heavy (non-hydrogen) atoms. The lowest BCUT2D eigenvalue weighted by molar-refractivity contribution is -0.124. The first-order valence-electron chi connectivity index (χ1n) is 7.03. The van der Waals surface area contributed by atoms with Crippen molar-refractivity contribution in [3.63, 3.8) is 0 Å². The lowest BCUT2D eigenvalue weighted by Crippen LogP contribution is -2.27. The third-order valence-corrected chi connectivity index (χ3v) is 3.33. The Morgan fingerprint density at radius 1 is 1.38 bits per heavy atom. The number of rotatable bonds is 5. The van der Waals surface area contributed by atoms with Crippen LogP contribution in [0.5, 0.6) is 0 Å². The fourth-order valence-electron chi connectivity index (χ4n) is 2.04. The molecular weight excluding hydrogens is 264 g/mol. The number of benzene rings is 1. The van der Waals surface area contributed by atoms with Crippen molar-refractivity contribution < 1.29 is 9.90 Å². The summed E-state index contributed by atoms with van der Waals surface area (Å²) in [6, 6.07) is 9.78. The molecule has 0 saturated carbocycles. The fourth-order valence-corrected chi connectivity index (χ4v) is 2.04. The molecule has 1 aromatic heterocycles. The van der Waals surface area contributed by atoms with Gasteiger partial charge in [0.25, 0.3) is 0 Å². The van der Waals surface area contributed by atoms with Crippen molar-refractivity contribution >= 4 is 22.9 Å². The molecule has 0 radical (unpaired) electrons. The van der Waals surface area contributed by atoms with E-state index in [2.05, 4.69) is 4.98 Å². The molecule has 1 N–H and O–H groups in total. The van der Waals surface area contributed by atoms with Crippen molar-refractivity contribution in [3.8, 4) is 0 Å². The first-order chi connectivity index (χ1) is 10.1. The van der Waals surface area contributed by atoms with Gasteiger partial charge in [-0.25, -0.2) is 0 Å². The van der Waals surface area contributed by atoms with Crippen LogP contribution in [0.3, 0.4) is 0 Å². The molecule has 2 rings (SSSR count). The first kappa shape index (κ1) is 15.2. The maximum atomic E-state index is 12.0. The number of pyridine rings is 1. The van der Waals surface area contributed by atoms with Gasteiger partial charge in [0.1, 0.15) is 0 Å². The number of aliphatic hydroxyl groups excluding tert-OH is 1. The van der Waals surface area contributed by atoms with Crippen LogP contribution in [0.25, 0.3) is 17.0 Å². The van der Waals surface area contributed by atoms with E-state index in [0.29, 0.717) is 13.0 Å². The highest BCUT2D eigenvalue weighted by Gasteiger charge is 2.06. The van der Waals surface area contributed by atoms with Crippen LogP contribution in [0, 0.1) is 0 Å². The maximum absolute atomic E-state index is 12.0. The Labute approximate surface area is 124 Å². The monoisotopic (exact) mass is 284 g/mol. The predicted molar refractivity (Wildman–Crippen MR) is 84.7 cm³/mol. The van der Waals surface area contributed by atoms with Gasteiger partial charge in [0, 0.05) is 36.8 Å². The summed E-state index contributed by atoms with van der Waals surface area (Å²) in [6.07, 6.45) is 5.26. The lowest BCUT2D eigenvalue weighted by Gasteiger charge is -2.15. The Morgan fingerprint density at radius 3 is 2.90 bits per heavy atom. The molecule has 4 heteroatoms. The average Bonchev–Trinajstić information content (AvgIpc) is 2.50. The highest BCUT2D eigenvalue weighted by atomic mass is 16.3. The van der Waals surface area contributed by atoms with Crippen LogP contribution in [-0.4, -0.2) is 40.6 Å². The number of carbonyl (C=O) groups is 1. The molecule has 0 aliphatic heterocycles. The van der Waals surface area contributed by atoms with Gasteiger partial charge in [0.2, 0.25) is 5.91 Å². The van der Waals surface area contributed by atoms with Crippen molar-refractivity contribution in [1.29, 1.82) is 0 Å². The third-order valence-electron chi connectivity index (χ3n) is 3.33. The quantitative estimate of drug-likeness (QED) is 0.858. The molecule has 4 nitrogen and oxygen atoms in total. The predicted octanol–water partition coefficient (Wildman–Crippen LogP) is 2.48. The summed E-state index contributed by atoms with van der Waals surface area (Å²) in [6.45, 7) is 2.25. The molecule has 0 spiro atoms. The first-order valence-corrected chi connectivity index (χ1v) is 7.03. The fraction of sp³-hybridized carbons (Fsp3) is 0.294. The zero-order valence-corrected chi connectivity index (χ0v) is 12.4. The zero-order chi connectivity index (χ0) is 15.2. The average molecular weight is 284 g/mol. The van der Waals surface area contributed by atoms with Crippen LogP contribution in [-0.2, 0) is 4.79 Å². The Bertz CT molecular complexity index is 645. The summed E-state index contributed by atoms with van der Waals surface area (Å²) in [5, 5.41) is 10.3. The molecule has 1 atom stereocenters. The van der Waals surface area contributed by atoms with E-state index in [1.54, 1.807) is 37.2 Å². The van der Waals surface area contributed by atoms with Crippen LogP contribution >= 0.6 is 0 Å². The Balaban J connectivity index is 2.10. The number of fused-ring (bicyclic) bond motifs is 1.